The van der Waals surface area contributed by atoms with E-state index in [9.17, 15) is 5.11 Å². The molecule has 0 bridgehead atoms. The van der Waals surface area contributed by atoms with Crippen molar-refractivity contribution in [3.63, 3.8) is 0 Å². The van der Waals surface area contributed by atoms with E-state index in [0.717, 1.165) is 40.9 Å². The van der Waals surface area contributed by atoms with Gasteiger partial charge >= 0.3 is 0 Å². The first kappa shape index (κ1) is 17.7. The average Bonchev–Trinajstić information content (AvgIpc) is 3.02. The van der Waals surface area contributed by atoms with Crippen LogP contribution in [0.4, 0.5) is 11.8 Å². The molecular weight excluding hydrogens is 338 g/mol. The van der Waals surface area contributed by atoms with Crippen LogP contribution in [0.2, 0.25) is 0 Å². The largest absolute Gasteiger partial charge is 0.391 e. The molecule has 6 nitrogen and oxygen atoms in total. The van der Waals surface area contributed by atoms with Crippen LogP contribution in [0.25, 0.3) is 10.9 Å². The Labute approximate surface area is 159 Å². The molecule has 0 amide bonds. The summed E-state index contributed by atoms with van der Waals surface area (Å²) in [4.78, 5) is 18.0. The Kier molecular flexibility index (Phi) is 4.66. The molecule has 1 aliphatic heterocycles. The molecule has 0 unspecified atom stereocenters. The lowest BCUT2D eigenvalue weighted by atomic mass is 9.99. The summed E-state index contributed by atoms with van der Waals surface area (Å²) in [5.41, 5.74) is 3.05. The number of aliphatic hydroxyl groups excluding tert-OH is 1. The highest BCUT2D eigenvalue weighted by atomic mass is 16.3. The third-order valence-corrected chi connectivity index (χ3v) is 5.17. The SMILES string of the molecule is Cc1cnc(N2C[C@@H](Cc3ccc4ccccc4n3)[C@H](O)C2)nc1N(C)C. The van der Waals surface area contributed by atoms with Gasteiger partial charge in [0.1, 0.15) is 5.82 Å². The van der Waals surface area contributed by atoms with Gasteiger partial charge in [-0.2, -0.15) is 4.98 Å². The van der Waals surface area contributed by atoms with Crippen LogP contribution < -0.4 is 9.80 Å². The molecule has 3 aromatic rings. The first-order valence-corrected chi connectivity index (χ1v) is 9.30. The van der Waals surface area contributed by atoms with Crippen molar-refractivity contribution < 1.29 is 5.11 Å². The molecular formula is C21H25N5O. The third-order valence-electron chi connectivity index (χ3n) is 5.17. The topological polar surface area (TPSA) is 65.4 Å². The van der Waals surface area contributed by atoms with Crippen molar-refractivity contribution in [2.75, 3.05) is 37.0 Å². The predicted octanol–water partition coefficient (Wildman–Crippen LogP) is 2.44. The summed E-state index contributed by atoms with van der Waals surface area (Å²) in [7, 11) is 3.96. The van der Waals surface area contributed by atoms with Gasteiger partial charge in [0.05, 0.1) is 11.6 Å². The number of pyridine rings is 1. The van der Waals surface area contributed by atoms with E-state index in [1.807, 2.05) is 50.3 Å². The standard InChI is InChI=1S/C21H25N5O/c1-14-11-22-21(24-20(14)25(2)3)26-12-16(19(27)13-26)10-17-9-8-15-6-4-5-7-18(15)23-17/h4-9,11,16,19,27H,10,12-13H2,1-3H3/t16-,19-/m1/s1. The van der Waals surface area contributed by atoms with Crippen LogP contribution >= 0.6 is 0 Å². The Bertz CT molecular complexity index is 958. The molecule has 0 saturated carbocycles. The number of β-amino-alcohol motifs (C(OH)–C–C–N with tert-alkyl or cyclic N) is 1. The van der Waals surface area contributed by atoms with Gasteiger partial charge < -0.3 is 14.9 Å². The van der Waals surface area contributed by atoms with E-state index in [1.165, 1.54) is 0 Å². The molecule has 1 aromatic carbocycles. The molecule has 1 saturated heterocycles. The normalized spacial score (nSPS) is 19.6. The lowest BCUT2D eigenvalue weighted by Crippen LogP contribution is -2.24. The fraction of sp³-hybridized carbons (Fsp3) is 0.381. The van der Waals surface area contributed by atoms with Gasteiger partial charge in [-0.15, -0.1) is 0 Å². The Hall–Kier alpha value is -2.73. The van der Waals surface area contributed by atoms with Crippen LogP contribution in [0, 0.1) is 12.8 Å². The number of nitrogens with zero attached hydrogens (tertiary/aromatic N) is 5. The van der Waals surface area contributed by atoms with Crippen LogP contribution in [-0.4, -0.2) is 53.3 Å². The van der Waals surface area contributed by atoms with Gasteiger partial charge in [0.2, 0.25) is 5.95 Å². The van der Waals surface area contributed by atoms with Gasteiger partial charge in [0, 0.05) is 55.9 Å². The molecule has 0 aliphatic carbocycles. The van der Waals surface area contributed by atoms with Gasteiger partial charge in [-0.25, -0.2) is 4.98 Å². The van der Waals surface area contributed by atoms with Crippen molar-refractivity contribution in [3.05, 3.63) is 53.9 Å². The monoisotopic (exact) mass is 363 g/mol. The number of hydrogen-bond acceptors (Lipinski definition) is 6. The zero-order valence-electron chi connectivity index (χ0n) is 16.0. The van der Waals surface area contributed by atoms with Crippen LogP contribution in [0.5, 0.6) is 0 Å². The lowest BCUT2D eigenvalue weighted by Gasteiger charge is -2.20. The predicted molar refractivity (Wildman–Crippen MR) is 108 cm³/mol. The van der Waals surface area contributed by atoms with E-state index in [0.29, 0.717) is 12.5 Å². The number of rotatable bonds is 4. The quantitative estimate of drug-likeness (QED) is 0.768. The van der Waals surface area contributed by atoms with Crippen molar-refractivity contribution >= 4 is 22.7 Å². The van der Waals surface area contributed by atoms with Crippen molar-refractivity contribution in [2.45, 2.75) is 19.4 Å². The molecule has 3 heterocycles. The van der Waals surface area contributed by atoms with Crippen LogP contribution in [-0.2, 0) is 6.42 Å². The third kappa shape index (κ3) is 3.57. The summed E-state index contributed by atoms with van der Waals surface area (Å²) in [6.07, 6.45) is 2.18. The van der Waals surface area contributed by atoms with E-state index >= 15 is 0 Å². The fourth-order valence-electron chi connectivity index (χ4n) is 3.74. The van der Waals surface area contributed by atoms with E-state index in [-0.39, 0.29) is 5.92 Å². The molecule has 1 N–H and O–H groups in total. The Morgan fingerprint density at radius 3 is 2.74 bits per heavy atom. The summed E-state index contributed by atoms with van der Waals surface area (Å²) in [5.74, 6) is 1.71. The Morgan fingerprint density at radius 1 is 1.11 bits per heavy atom. The summed E-state index contributed by atoms with van der Waals surface area (Å²) in [6, 6.07) is 12.3. The number of benzene rings is 1. The average molecular weight is 363 g/mol. The first-order valence-electron chi connectivity index (χ1n) is 9.30. The highest BCUT2D eigenvalue weighted by Crippen LogP contribution is 2.26. The van der Waals surface area contributed by atoms with Crippen LogP contribution in [0.3, 0.4) is 0 Å². The molecule has 27 heavy (non-hydrogen) atoms. The zero-order valence-corrected chi connectivity index (χ0v) is 16.0. The van der Waals surface area contributed by atoms with E-state index in [1.54, 1.807) is 0 Å². The summed E-state index contributed by atoms with van der Waals surface area (Å²) < 4.78 is 0. The molecule has 6 heteroatoms. The lowest BCUT2D eigenvalue weighted by molar-refractivity contribution is 0.148. The van der Waals surface area contributed by atoms with Gasteiger partial charge in [-0.05, 0) is 25.5 Å². The maximum absolute atomic E-state index is 10.6. The van der Waals surface area contributed by atoms with Gasteiger partial charge in [0.15, 0.2) is 0 Å². The number of anilines is 2. The maximum Gasteiger partial charge on any atom is 0.227 e. The minimum absolute atomic E-state index is 0.117. The minimum Gasteiger partial charge on any atom is -0.391 e. The molecule has 2 atom stereocenters. The maximum atomic E-state index is 10.6. The summed E-state index contributed by atoms with van der Waals surface area (Å²) in [5, 5.41) is 11.7. The molecule has 1 aliphatic rings. The van der Waals surface area contributed by atoms with Gasteiger partial charge in [0.25, 0.3) is 0 Å². The number of fused-ring (bicyclic) bond motifs is 1. The number of hydrogen-bond donors (Lipinski definition) is 1. The van der Waals surface area contributed by atoms with Gasteiger partial charge in [-0.1, -0.05) is 24.3 Å². The summed E-state index contributed by atoms with van der Waals surface area (Å²) >= 11 is 0. The van der Waals surface area contributed by atoms with Crippen molar-refractivity contribution in [3.8, 4) is 0 Å². The smallest absolute Gasteiger partial charge is 0.227 e. The van der Waals surface area contributed by atoms with Crippen molar-refractivity contribution in [2.24, 2.45) is 5.92 Å². The van der Waals surface area contributed by atoms with E-state index in [2.05, 4.69) is 33.1 Å². The highest BCUT2D eigenvalue weighted by molar-refractivity contribution is 5.78. The van der Waals surface area contributed by atoms with E-state index < -0.39 is 6.10 Å². The fourth-order valence-corrected chi connectivity index (χ4v) is 3.74. The molecule has 0 spiro atoms. The van der Waals surface area contributed by atoms with Crippen molar-refractivity contribution in [1.29, 1.82) is 0 Å². The van der Waals surface area contributed by atoms with Gasteiger partial charge in [-0.3, -0.25) is 4.98 Å². The molecule has 140 valence electrons. The zero-order chi connectivity index (χ0) is 19.0. The van der Waals surface area contributed by atoms with E-state index in [4.69, 9.17) is 4.98 Å². The molecule has 0 radical (unpaired) electrons. The number of aryl methyl sites for hydroxylation is 1. The first-order chi connectivity index (χ1) is 13.0. The van der Waals surface area contributed by atoms with Crippen molar-refractivity contribution in [1.82, 2.24) is 15.0 Å². The molecule has 1 fully saturated rings. The number of aromatic nitrogens is 3. The minimum atomic E-state index is -0.411. The summed E-state index contributed by atoms with van der Waals surface area (Å²) in [6.45, 7) is 3.28. The second kappa shape index (κ2) is 7.12. The Balaban J connectivity index is 1.52. The molecule has 4 rings (SSSR count). The second-order valence-corrected chi connectivity index (χ2v) is 7.50. The van der Waals surface area contributed by atoms with Crippen LogP contribution in [0.15, 0.2) is 42.6 Å². The Morgan fingerprint density at radius 2 is 1.93 bits per heavy atom. The van der Waals surface area contributed by atoms with Crippen LogP contribution in [0.1, 0.15) is 11.3 Å². The number of aliphatic hydroxyl groups is 1. The highest BCUT2D eigenvalue weighted by Gasteiger charge is 2.33. The second-order valence-electron chi connectivity index (χ2n) is 7.50. The number of para-hydroxylation sites is 1. The molecule has 2 aromatic heterocycles.